The highest BCUT2D eigenvalue weighted by molar-refractivity contribution is 5.94. The van der Waals surface area contributed by atoms with Gasteiger partial charge in [-0.1, -0.05) is 0 Å². The second-order valence-electron chi connectivity index (χ2n) is 5.89. The van der Waals surface area contributed by atoms with Gasteiger partial charge >= 0.3 is 6.18 Å². The van der Waals surface area contributed by atoms with Crippen LogP contribution in [0.3, 0.4) is 0 Å². The number of hydrogen-bond acceptors (Lipinski definition) is 4. The average molecular weight is 363 g/mol. The Hall–Kier alpha value is -2.97. The minimum atomic E-state index is -4.43. The lowest BCUT2D eigenvalue weighted by Gasteiger charge is -2.07. The van der Waals surface area contributed by atoms with Crippen molar-refractivity contribution in [3.63, 3.8) is 0 Å². The molecular formula is C17H16F3N5O. The Morgan fingerprint density at radius 2 is 1.96 bits per heavy atom. The summed E-state index contributed by atoms with van der Waals surface area (Å²) in [5.41, 5.74) is 0.910. The highest BCUT2D eigenvalue weighted by atomic mass is 19.4. The first-order valence-electron chi connectivity index (χ1n) is 7.78. The summed E-state index contributed by atoms with van der Waals surface area (Å²) in [5.74, 6) is 0.638. The first-order valence-corrected chi connectivity index (χ1v) is 7.78. The molecule has 0 atom stereocenters. The lowest BCUT2D eigenvalue weighted by atomic mass is 10.2. The minimum Gasteiger partial charge on any atom is -0.345 e. The van der Waals surface area contributed by atoms with Crippen LogP contribution in [-0.2, 0) is 19.8 Å². The van der Waals surface area contributed by atoms with Gasteiger partial charge in [0, 0.05) is 13.2 Å². The van der Waals surface area contributed by atoms with Crippen LogP contribution in [0, 0.1) is 13.8 Å². The minimum absolute atomic E-state index is 0.0681. The maximum absolute atomic E-state index is 12.8. The molecule has 2 aromatic heterocycles. The van der Waals surface area contributed by atoms with E-state index in [-0.39, 0.29) is 18.0 Å². The molecule has 26 heavy (non-hydrogen) atoms. The Balaban J connectivity index is 1.82. The third-order valence-corrected chi connectivity index (χ3v) is 4.05. The van der Waals surface area contributed by atoms with Crippen molar-refractivity contribution in [2.24, 2.45) is 7.05 Å². The number of benzene rings is 1. The monoisotopic (exact) mass is 363 g/mol. The van der Waals surface area contributed by atoms with Gasteiger partial charge in [0.25, 0.3) is 5.91 Å². The van der Waals surface area contributed by atoms with E-state index in [4.69, 9.17) is 0 Å². The molecule has 136 valence electrons. The number of nitrogens with zero attached hydrogens (tertiary/aromatic N) is 4. The predicted molar refractivity (Wildman–Crippen MR) is 88.4 cm³/mol. The van der Waals surface area contributed by atoms with Gasteiger partial charge in [-0.15, -0.1) is 0 Å². The molecule has 0 saturated carbocycles. The number of amides is 1. The summed E-state index contributed by atoms with van der Waals surface area (Å²) in [4.78, 5) is 24.6. The number of aryl methyl sites for hydroxylation is 3. The molecule has 0 aliphatic heterocycles. The fourth-order valence-electron chi connectivity index (χ4n) is 2.64. The van der Waals surface area contributed by atoms with Crippen molar-refractivity contribution in [2.45, 2.75) is 26.6 Å². The van der Waals surface area contributed by atoms with Gasteiger partial charge in [0.2, 0.25) is 0 Å². The van der Waals surface area contributed by atoms with Gasteiger partial charge in [-0.2, -0.15) is 13.2 Å². The molecule has 0 fully saturated rings. The van der Waals surface area contributed by atoms with Crippen LogP contribution in [0.5, 0.6) is 0 Å². The van der Waals surface area contributed by atoms with Gasteiger partial charge in [0.1, 0.15) is 11.6 Å². The van der Waals surface area contributed by atoms with Gasteiger partial charge in [-0.25, -0.2) is 15.0 Å². The van der Waals surface area contributed by atoms with E-state index >= 15 is 0 Å². The Morgan fingerprint density at radius 3 is 2.62 bits per heavy atom. The van der Waals surface area contributed by atoms with Gasteiger partial charge in [-0.3, -0.25) is 4.79 Å². The van der Waals surface area contributed by atoms with Crippen molar-refractivity contribution in [3.8, 4) is 0 Å². The van der Waals surface area contributed by atoms with E-state index in [1.165, 1.54) is 12.3 Å². The first-order chi connectivity index (χ1) is 12.2. The van der Waals surface area contributed by atoms with Crippen LogP contribution in [-0.4, -0.2) is 25.4 Å². The number of nitrogens with one attached hydrogen (secondary N) is 1. The summed E-state index contributed by atoms with van der Waals surface area (Å²) >= 11 is 0. The first kappa shape index (κ1) is 17.8. The van der Waals surface area contributed by atoms with Crippen molar-refractivity contribution in [3.05, 3.63) is 52.9 Å². The van der Waals surface area contributed by atoms with Crippen molar-refractivity contribution in [1.82, 2.24) is 24.8 Å². The second kappa shape index (κ2) is 6.40. The molecule has 6 nitrogen and oxygen atoms in total. The third-order valence-electron chi connectivity index (χ3n) is 4.05. The normalized spacial score (nSPS) is 11.8. The Morgan fingerprint density at radius 1 is 1.23 bits per heavy atom. The largest absolute Gasteiger partial charge is 0.416 e. The number of rotatable bonds is 3. The fourth-order valence-corrected chi connectivity index (χ4v) is 2.64. The van der Waals surface area contributed by atoms with Crippen LogP contribution in [0.4, 0.5) is 13.2 Å². The molecule has 1 N–H and O–H groups in total. The molecule has 3 rings (SSSR count). The summed E-state index contributed by atoms with van der Waals surface area (Å²) in [5, 5.41) is 2.70. The Labute approximate surface area is 147 Å². The van der Waals surface area contributed by atoms with E-state index in [1.807, 2.05) is 0 Å². The standard InChI is InChI=1S/C17H16F3N5O/c1-9-12(7-21-10(2)23-9)16(26)22-8-15-24-13-6-11(17(18,19)20)4-5-14(13)25(15)3/h4-7H,8H2,1-3H3,(H,22,26). The summed E-state index contributed by atoms with van der Waals surface area (Å²) in [6.45, 7) is 3.50. The summed E-state index contributed by atoms with van der Waals surface area (Å²) < 4.78 is 40.1. The lowest BCUT2D eigenvalue weighted by molar-refractivity contribution is -0.137. The van der Waals surface area contributed by atoms with E-state index in [2.05, 4.69) is 20.3 Å². The molecule has 0 radical (unpaired) electrons. The van der Waals surface area contributed by atoms with Crippen LogP contribution in [0.2, 0.25) is 0 Å². The number of alkyl halides is 3. The van der Waals surface area contributed by atoms with Crippen molar-refractivity contribution in [1.29, 1.82) is 0 Å². The molecule has 0 spiro atoms. The molecular weight excluding hydrogens is 347 g/mol. The zero-order valence-electron chi connectivity index (χ0n) is 14.3. The van der Waals surface area contributed by atoms with E-state index < -0.39 is 11.7 Å². The van der Waals surface area contributed by atoms with Crippen molar-refractivity contribution < 1.29 is 18.0 Å². The molecule has 1 aromatic carbocycles. The van der Waals surface area contributed by atoms with E-state index in [0.717, 1.165) is 12.1 Å². The van der Waals surface area contributed by atoms with Crippen LogP contribution in [0.25, 0.3) is 11.0 Å². The molecule has 1 amide bonds. The number of hydrogen-bond donors (Lipinski definition) is 1. The molecule has 0 unspecified atom stereocenters. The Kier molecular flexibility index (Phi) is 4.39. The fraction of sp³-hybridized carbons (Fsp3) is 0.294. The number of fused-ring (bicyclic) bond motifs is 1. The zero-order valence-corrected chi connectivity index (χ0v) is 14.3. The van der Waals surface area contributed by atoms with E-state index in [1.54, 1.807) is 25.5 Å². The van der Waals surface area contributed by atoms with Crippen LogP contribution in [0.1, 0.15) is 33.3 Å². The smallest absolute Gasteiger partial charge is 0.345 e. The second-order valence-corrected chi connectivity index (χ2v) is 5.89. The summed E-state index contributed by atoms with van der Waals surface area (Å²) in [6.07, 6.45) is -2.99. The summed E-state index contributed by atoms with van der Waals surface area (Å²) in [6, 6.07) is 3.38. The highest BCUT2D eigenvalue weighted by Gasteiger charge is 2.31. The SMILES string of the molecule is Cc1ncc(C(=O)NCc2nc3cc(C(F)(F)F)ccc3n2C)c(C)n1. The molecule has 9 heteroatoms. The van der Waals surface area contributed by atoms with Crippen LogP contribution >= 0.6 is 0 Å². The number of carbonyl (C=O) groups is 1. The Bertz CT molecular complexity index is 994. The molecule has 0 aliphatic carbocycles. The number of aromatic nitrogens is 4. The molecule has 0 saturated heterocycles. The van der Waals surface area contributed by atoms with Crippen molar-refractivity contribution >= 4 is 16.9 Å². The van der Waals surface area contributed by atoms with Crippen molar-refractivity contribution in [2.75, 3.05) is 0 Å². The van der Waals surface area contributed by atoms with Crippen LogP contribution in [0.15, 0.2) is 24.4 Å². The number of imidazole rings is 1. The van der Waals surface area contributed by atoms with Gasteiger partial charge in [-0.05, 0) is 32.0 Å². The highest BCUT2D eigenvalue weighted by Crippen LogP contribution is 2.31. The molecule has 0 aliphatic rings. The van der Waals surface area contributed by atoms with E-state index in [9.17, 15) is 18.0 Å². The number of carbonyl (C=O) groups excluding carboxylic acids is 1. The quantitative estimate of drug-likeness (QED) is 0.777. The predicted octanol–water partition coefficient (Wildman–Crippen LogP) is 2.93. The lowest BCUT2D eigenvalue weighted by Crippen LogP contribution is -2.25. The van der Waals surface area contributed by atoms with Crippen LogP contribution < -0.4 is 5.32 Å². The topological polar surface area (TPSA) is 72.7 Å². The maximum Gasteiger partial charge on any atom is 0.416 e. The third kappa shape index (κ3) is 3.37. The maximum atomic E-state index is 12.8. The summed E-state index contributed by atoms with van der Waals surface area (Å²) in [7, 11) is 1.68. The van der Waals surface area contributed by atoms with Gasteiger partial charge < -0.3 is 9.88 Å². The van der Waals surface area contributed by atoms with Gasteiger partial charge in [0.05, 0.1) is 34.4 Å². The molecule has 3 aromatic rings. The van der Waals surface area contributed by atoms with Gasteiger partial charge in [0.15, 0.2) is 0 Å². The molecule has 0 bridgehead atoms. The van der Waals surface area contributed by atoms with E-state index in [0.29, 0.717) is 28.4 Å². The molecule has 2 heterocycles. The zero-order chi connectivity index (χ0) is 19.1. The average Bonchev–Trinajstić information content (AvgIpc) is 2.87. The number of halogens is 3.